The van der Waals surface area contributed by atoms with Crippen LogP contribution in [0.3, 0.4) is 0 Å². The minimum atomic E-state index is -4.15. The molecule has 0 bridgehead atoms. The number of halogens is 1. The maximum atomic E-state index is 12.4. The first-order valence-electron chi connectivity index (χ1n) is 7.53. The molecule has 2 N–H and O–H groups in total. The van der Waals surface area contributed by atoms with Crippen LogP contribution in [0.1, 0.15) is 38.1 Å². The third-order valence-electron chi connectivity index (χ3n) is 3.09. The Morgan fingerprint density at radius 3 is 2.27 bits per heavy atom. The standard InChI is InChI=1S/C16H22ClNO7S/c1-15(2,3)25-14(20)16(4,21)9-18-26(22,23)12-7-6-10(8-11(12)17)13(19)24-5/h6-8,18,21H,9H2,1-5H3/t16-/m0/s1. The maximum Gasteiger partial charge on any atom is 0.339 e. The highest BCUT2D eigenvalue weighted by atomic mass is 35.5. The smallest absolute Gasteiger partial charge is 0.339 e. The van der Waals surface area contributed by atoms with Crippen molar-refractivity contribution in [1.82, 2.24) is 4.72 Å². The number of carbonyl (C=O) groups is 2. The van der Waals surface area contributed by atoms with E-state index in [1.807, 2.05) is 0 Å². The van der Waals surface area contributed by atoms with Crippen LogP contribution in [0.2, 0.25) is 5.02 Å². The fourth-order valence-electron chi connectivity index (χ4n) is 1.74. The number of rotatable bonds is 6. The molecule has 0 amide bonds. The van der Waals surface area contributed by atoms with Crippen LogP contribution in [0.5, 0.6) is 0 Å². The van der Waals surface area contributed by atoms with E-state index in [9.17, 15) is 23.1 Å². The van der Waals surface area contributed by atoms with E-state index in [-0.39, 0.29) is 15.5 Å². The number of sulfonamides is 1. The van der Waals surface area contributed by atoms with E-state index >= 15 is 0 Å². The normalized spacial score (nSPS) is 14.4. The van der Waals surface area contributed by atoms with E-state index in [0.717, 1.165) is 19.1 Å². The number of aliphatic hydroxyl groups is 1. The second kappa shape index (κ2) is 7.91. The van der Waals surface area contributed by atoms with E-state index in [2.05, 4.69) is 9.46 Å². The summed E-state index contributed by atoms with van der Waals surface area (Å²) in [4.78, 5) is 23.1. The molecular weight excluding hydrogens is 386 g/mol. The summed E-state index contributed by atoms with van der Waals surface area (Å²) in [6.45, 7) is 5.36. The minimum Gasteiger partial charge on any atom is -0.465 e. The van der Waals surface area contributed by atoms with Crippen LogP contribution in [0, 0.1) is 0 Å². The van der Waals surface area contributed by atoms with Gasteiger partial charge in [-0.1, -0.05) is 11.6 Å². The number of methoxy groups -OCH3 is 1. The van der Waals surface area contributed by atoms with Gasteiger partial charge in [0.25, 0.3) is 0 Å². The van der Waals surface area contributed by atoms with Crippen LogP contribution in [0.25, 0.3) is 0 Å². The lowest BCUT2D eigenvalue weighted by Gasteiger charge is -2.27. The van der Waals surface area contributed by atoms with Crippen molar-refractivity contribution >= 4 is 33.6 Å². The lowest BCUT2D eigenvalue weighted by Crippen LogP contribution is -2.49. The van der Waals surface area contributed by atoms with Crippen molar-refractivity contribution in [3.8, 4) is 0 Å². The number of hydrogen-bond donors (Lipinski definition) is 2. The number of esters is 2. The molecule has 10 heteroatoms. The zero-order valence-corrected chi connectivity index (χ0v) is 16.7. The highest BCUT2D eigenvalue weighted by molar-refractivity contribution is 7.89. The third kappa shape index (κ3) is 5.94. The molecule has 0 aliphatic heterocycles. The number of nitrogens with one attached hydrogen (secondary N) is 1. The van der Waals surface area contributed by atoms with Gasteiger partial charge in [0.15, 0.2) is 5.60 Å². The first kappa shape index (κ1) is 22.4. The molecule has 0 aliphatic carbocycles. The zero-order chi connectivity index (χ0) is 20.3. The second-order valence-electron chi connectivity index (χ2n) is 6.74. The van der Waals surface area contributed by atoms with Gasteiger partial charge < -0.3 is 14.6 Å². The molecule has 0 saturated heterocycles. The van der Waals surface area contributed by atoms with Gasteiger partial charge in [0.1, 0.15) is 10.5 Å². The zero-order valence-electron chi connectivity index (χ0n) is 15.1. The van der Waals surface area contributed by atoms with Gasteiger partial charge in [0, 0.05) is 0 Å². The predicted molar refractivity (Wildman–Crippen MR) is 94.4 cm³/mol. The van der Waals surface area contributed by atoms with E-state index < -0.39 is 39.7 Å². The van der Waals surface area contributed by atoms with Crippen LogP contribution >= 0.6 is 11.6 Å². The number of hydrogen-bond acceptors (Lipinski definition) is 7. The van der Waals surface area contributed by atoms with Gasteiger partial charge in [-0.05, 0) is 45.9 Å². The van der Waals surface area contributed by atoms with Gasteiger partial charge >= 0.3 is 11.9 Å². The Morgan fingerprint density at radius 2 is 1.81 bits per heavy atom. The first-order chi connectivity index (χ1) is 11.7. The minimum absolute atomic E-state index is 0.0807. The van der Waals surface area contributed by atoms with Crippen molar-refractivity contribution in [2.45, 2.75) is 43.8 Å². The Labute approximate surface area is 157 Å². The van der Waals surface area contributed by atoms with Crippen molar-refractivity contribution in [2.75, 3.05) is 13.7 Å². The van der Waals surface area contributed by atoms with Crippen molar-refractivity contribution < 1.29 is 32.6 Å². The fraction of sp³-hybridized carbons (Fsp3) is 0.500. The summed E-state index contributed by atoms with van der Waals surface area (Å²) in [5.74, 6) is -1.64. The highest BCUT2D eigenvalue weighted by Gasteiger charge is 2.36. The maximum absolute atomic E-state index is 12.4. The van der Waals surface area contributed by atoms with E-state index in [1.54, 1.807) is 20.8 Å². The predicted octanol–water partition coefficient (Wildman–Crippen LogP) is 1.50. The molecule has 0 spiro atoms. The molecule has 1 atom stereocenters. The van der Waals surface area contributed by atoms with Crippen molar-refractivity contribution in [1.29, 1.82) is 0 Å². The van der Waals surface area contributed by atoms with Crippen molar-refractivity contribution in [3.05, 3.63) is 28.8 Å². The second-order valence-corrected chi connectivity index (χ2v) is 8.88. The molecule has 26 heavy (non-hydrogen) atoms. The van der Waals surface area contributed by atoms with Crippen LogP contribution in [-0.4, -0.2) is 50.3 Å². The summed E-state index contributed by atoms with van der Waals surface area (Å²) in [5, 5.41) is 9.97. The van der Waals surface area contributed by atoms with Crippen molar-refractivity contribution in [3.63, 3.8) is 0 Å². The number of ether oxygens (including phenoxy) is 2. The SMILES string of the molecule is COC(=O)c1ccc(S(=O)(=O)NC[C@](C)(O)C(=O)OC(C)(C)C)c(Cl)c1. The Balaban J connectivity index is 2.96. The lowest BCUT2D eigenvalue weighted by molar-refractivity contribution is -0.174. The monoisotopic (exact) mass is 407 g/mol. The molecule has 0 aromatic heterocycles. The summed E-state index contributed by atoms with van der Waals surface area (Å²) >= 11 is 5.93. The van der Waals surface area contributed by atoms with Gasteiger partial charge in [0.2, 0.25) is 10.0 Å². The summed E-state index contributed by atoms with van der Waals surface area (Å²) in [5.41, 5.74) is -2.84. The van der Waals surface area contributed by atoms with Gasteiger partial charge in [-0.3, -0.25) is 0 Å². The molecule has 1 aromatic rings. The average molecular weight is 408 g/mol. The molecule has 0 aliphatic rings. The summed E-state index contributed by atoms with van der Waals surface area (Å²) in [6.07, 6.45) is 0. The molecule has 0 saturated carbocycles. The number of carbonyl (C=O) groups excluding carboxylic acids is 2. The van der Waals surface area contributed by atoms with Crippen LogP contribution < -0.4 is 4.72 Å². The Kier molecular flexibility index (Phi) is 6.80. The van der Waals surface area contributed by atoms with Gasteiger partial charge in [0.05, 0.1) is 24.2 Å². The van der Waals surface area contributed by atoms with Gasteiger partial charge in [-0.2, -0.15) is 0 Å². The fourth-order valence-corrected chi connectivity index (χ4v) is 3.41. The van der Waals surface area contributed by atoms with E-state index in [1.165, 1.54) is 13.2 Å². The molecule has 146 valence electrons. The molecular formula is C16H22ClNO7S. The molecule has 0 unspecified atom stereocenters. The van der Waals surface area contributed by atoms with Gasteiger partial charge in [-0.25, -0.2) is 22.7 Å². The summed E-state index contributed by atoms with van der Waals surface area (Å²) in [7, 11) is -2.97. The Hall–Kier alpha value is -1.68. The first-order valence-corrected chi connectivity index (χ1v) is 9.39. The molecule has 0 radical (unpaired) electrons. The Morgan fingerprint density at radius 1 is 1.23 bits per heavy atom. The van der Waals surface area contributed by atoms with E-state index in [4.69, 9.17) is 16.3 Å². The quantitative estimate of drug-likeness (QED) is 0.685. The lowest BCUT2D eigenvalue weighted by atomic mass is 10.1. The van der Waals surface area contributed by atoms with Crippen LogP contribution in [-0.2, 0) is 24.3 Å². The third-order valence-corrected chi connectivity index (χ3v) is 4.97. The van der Waals surface area contributed by atoms with E-state index in [0.29, 0.717) is 0 Å². The highest BCUT2D eigenvalue weighted by Crippen LogP contribution is 2.23. The topological polar surface area (TPSA) is 119 Å². The molecule has 1 rings (SSSR count). The largest absolute Gasteiger partial charge is 0.465 e. The molecule has 0 heterocycles. The van der Waals surface area contributed by atoms with Crippen molar-refractivity contribution in [2.24, 2.45) is 0 Å². The van der Waals surface area contributed by atoms with Crippen LogP contribution in [0.15, 0.2) is 23.1 Å². The van der Waals surface area contributed by atoms with Crippen LogP contribution in [0.4, 0.5) is 0 Å². The Bertz CT molecular complexity index is 797. The average Bonchev–Trinajstić information content (AvgIpc) is 2.50. The number of benzene rings is 1. The molecule has 8 nitrogen and oxygen atoms in total. The summed E-state index contributed by atoms with van der Waals surface area (Å²) < 4.78 is 36.5. The summed E-state index contributed by atoms with van der Waals surface area (Å²) in [6, 6.07) is 3.51. The van der Waals surface area contributed by atoms with Gasteiger partial charge in [-0.15, -0.1) is 0 Å². The molecule has 0 fully saturated rings. The molecule has 1 aromatic carbocycles.